The van der Waals surface area contributed by atoms with Gasteiger partial charge in [0.25, 0.3) is 0 Å². The molecule has 0 aliphatic heterocycles. The second kappa shape index (κ2) is 13.4. The molecular weight excluding hydrogens is 245 g/mol. The number of hydrogen-bond acceptors (Lipinski definition) is 4. The third-order valence-corrected chi connectivity index (χ3v) is 1.36. The monoisotopic (exact) mass is 259 g/mol. The Morgan fingerprint density at radius 3 is 2.33 bits per heavy atom. The van der Waals surface area contributed by atoms with Crippen molar-refractivity contribution < 1.29 is 9.90 Å². The molecule has 0 fully saturated rings. The number of amides is 2. The number of halogens is 2. The lowest BCUT2D eigenvalue weighted by atomic mass is 10.6. The van der Waals surface area contributed by atoms with Gasteiger partial charge in [-0.05, 0) is 6.92 Å². The number of alkyl halides is 2. The van der Waals surface area contributed by atoms with E-state index >= 15 is 0 Å². The van der Waals surface area contributed by atoms with Gasteiger partial charge in [-0.1, -0.05) is 0 Å². The van der Waals surface area contributed by atoms with Crippen LogP contribution < -0.4 is 5.32 Å². The molecule has 0 aliphatic rings. The summed E-state index contributed by atoms with van der Waals surface area (Å²) in [5.74, 6) is 0.458. The van der Waals surface area contributed by atoms with Crippen LogP contribution in [0.4, 0.5) is 4.79 Å². The van der Waals surface area contributed by atoms with Gasteiger partial charge in [0.1, 0.15) is 0 Å². The summed E-state index contributed by atoms with van der Waals surface area (Å²) >= 11 is 10.6. The standard InChI is InChI=1S/C5H9Cl2N3O2.C2H6O/c6-1-3-8-5(11)10(9-12)4-2-7;1-2-3/h1-4H2,(H,8,11);3H,2H2,1H3. The van der Waals surface area contributed by atoms with Gasteiger partial charge < -0.3 is 10.4 Å². The average Bonchev–Trinajstić information content (AvgIpc) is 2.23. The highest BCUT2D eigenvalue weighted by Crippen LogP contribution is 1.91. The molecule has 15 heavy (non-hydrogen) atoms. The minimum atomic E-state index is -0.578. The topological polar surface area (TPSA) is 82.0 Å². The number of rotatable bonds is 5. The summed E-state index contributed by atoms with van der Waals surface area (Å²) in [6.07, 6.45) is 0. The molecule has 8 heteroatoms. The molecule has 90 valence electrons. The molecule has 6 nitrogen and oxygen atoms in total. The number of carbonyl (C=O) groups is 1. The van der Waals surface area contributed by atoms with E-state index in [2.05, 4.69) is 10.6 Å². The molecular formula is C7H15Cl2N3O3. The Balaban J connectivity index is 0. The van der Waals surface area contributed by atoms with Gasteiger partial charge in [-0.25, -0.2) is 4.79 Å². The SMILES string of the molecule is CCO.O=NN(CCCl)C(=O)NCCCl. The number of aliphatic hydroxyl groups is 1. The Labute approximate surface area is 98.5 Å². The van der Waals surface area contributed by atoms with Crippen molar-refractivity contribution in [1.29, 1.82) is 0 Å². The largest absolute Gasteiger partial charge is 0.397 e. The van der Waals surface area contributed by atoms with Gasteiger partial charge in [0.2, 0.25) is 0 Å². The van der Waals surface area contributed by atoms with Crippen molar-refractivity contribution in [2.45, 2.75) is 6.92 Å². The maximum absolute atomic E-state index is 10.9. The van der Waals surface area contributed by atoms with Crippen molar-refractivity contribution in [3.05, 3.63) is 4.91 Å². The zero-order valence-corrected chi connectivity index (χ0v) is 9.96. The molecule has 2 amide bonds. The Morgan fingerprint density at radius 1 is 1.47 bits per heavy atom. The predicted molar refractivity (Wildman–Crippen MR) is 60.1 cm³/mol. The van der Waals surface area contributed by atoms with E-state index in [1.54, 1.807) is 6.92 Å². The molecule has 0 saturated heterocycles. The molecule has 0 heterocycles. The average molecular weight is 260 g/mol. The van der Waals surface area contributed by atoms with E-state index in [-0.39, 0.29) is 19.0 Å². The molecule has 0 atom stereocenters. The van der Waals surface area contributed by atoms with E-state index in [9.17, 15) is 9.70 Å². The fraction of sp³-hybridized carbons (Fsp3) is 0.857. The minimum absolute atomic E-state index is 0.0964. The normalized spacial score (nSPS) is 8.53. The first-order valence-corrected chi connectivity index (χ1v) is 5.36. The van der Waals surface area contributed by atoms with Crippen molar-refractivity contribution in [3.63, 3.8) is 0 Å². The van der Waals surface area contributed by atoms with E-state index in [0.29, 0.717) is 17.4 Å². The van der Waals surface area contributed by atoms with Crippen molar-refractivity contribution in [1.82, 2.24) is 10.3 Å². The second-order valence-electron chi connectivity index (χ2n) is 2.13. The smallest absolute Gasteiger partial charge is 0.340 e. The number of aliphatic hydroxyl groups excluding tert-OH is 1. The first-order valence-electron chi connectivity index (χ1n) is 4.29. The summed E-state index contributed by atoms with van der Waals surface area (Å²) in [4.78, 5) is 20.9. The van der Waals surface area contributed by atoms with Gasteiger partial charge in [-0.15, -0.1) is 28.1 Å². The first-order chi connectivity index (χ1) is 7.17. The number of carbonyl (C=O) groups excluding carboxylic acids is 1. The van der Waals surface area contributed by atoms with Gasteiger partial charge >= 0.3 is 6.03 Å². The molecule has 0 radical (unpaired) electrons. The molecule has 0 spiro atoms. The number of nitrogens with one attached hydrogen (secondary N) is 1. The highest BCUT2D eigenvalue weighted by Gasteiger charge is 2.11. The van der Waals surface area contributed by atoms with Crippen LogP contribution in [0, 0.1) is 4.91 Å². The van der Waals surface area contributed by atoms with Crippen LogP contribution in [0.5, 0.6) is 0 Å². The van der Waals surface area contributed by atoms with E-state index in [4.69, 9.17) is 28.3 Å². The quantitative estimate of drug-likeness (QED) is 0.442. The van der Waals surface area contributed by atoms with Crippen LogP contribution in [-0.2, 0) is 0 Å². The maximum Gasteiger partial charge on any atom is 0.340 e. The molecule has 0 unspecified atom stereocenters. The Hall–Kier alpha value is -0.590. The van der Waals surface area contributed by atoms with Crippen molar-refractivity contribution in [2.75, 3.05) is 31.5 Å². The van der Waals surface area contributed by atoms with Gasteiger partial charge in [-0.3, -0.25) is 0 Å². The number of nitrogens with zero attached hydrogens (tertiary/aromatic N) is 2. The van der Waals surface area contributed by atoms with Crippen molar-refractivity contribution in [2.24, 2.45) is 5.29 Å². The molecule has 0 aromatic heterocycles. The van der Waals surface area contributed by atoms with Crippen LogP contribution in [0.3, 0.4) is 0 Å². The van der Waals surface area contributed by atoms with Gasteiger partial charge in [0, 0.05) is 24.9 Å². The van der Waals surface area contributed by atoms with Gasteiger partial charge in [-0.2, -0.15) is 5.01 Å². The Bertz CT molecular complexity index is 172. The lowest BCUT2D eigenvalue weighted by Gasteiger charge is -2.11. The van der Waals surface area contributed by atoms with Gasteiger partial charge in [0.05, 0.1) is 11.8 Å². The van der Waals surface area contributed by atoms with Crippen LogP contribution in [0.25, 0.3) is 0 Å². The summed E-state index contributed by atoms with van der Waals surface area (Å²) in [6, 6.07) is -0.578. The summed E-state index contributed by atoms with van der Waals surface area (Å²) in [5.41, 5.74) is 0. The number of urea groups is 1. The number of nitroso groups, excluding NO2 is 1. The Kier molecular flexibility index (Phi) is 15.0. The summed E-state index contributed by atoms with van der Waals surface area (Å²) in [7, 11) is 0. The summed E-state index contributed by atoms with van der Waals surface area (Å²) in [5, 5.41) is 13.1. The molecule has 0 aliphatic carbocycles. The maximum atomic E-state index is 10.9. The lowest BCUT2D eigenvalue weighted by molar-refractivity contribution is 0.203. The third-order valence-electron chi connectivity index (χ3n) is 1.00. The zero-order chi connectivity index (χ0) is 12.1. The van der Waals surface area contributed by atoms with Crippen LogP contribution >= 0.6 is 23.2 Å². The van der Waals surface area contributed by atoms with E-state index in [0.717, 1.165) is 0 Å². The van der Waals surface area contributed by atoms with Crippen LogP contribution in [-0.4, -0.2) is 47.6 Å². The predicted octanol–water partition coefficient (Wildman–Crippen LogP) is 1.16. The molecule has 0 aromatic carbocycles. The lowest BCUT2D eigenvalue weighted by Crippen LogP contribution is -2.38. The molecule has 2 N–H and O–H groups in total. The molecule has 0 rings (SSSR count). The first kappa shape index (κ1) is 16.8. The highest BCUT2D eigenvalue weighted by atomic mass is 35.5. The summed E-state index contributed by atoms with van der Waals surface area (Å²) < 4.78 is 0. The minimum Gasteiger partial charge on any atom is -0.397 e. The Morgan fingerprint density at radius 2 is 2.00 bits per heavy atom. The van der Waals surface area contributed by atoms with Crippen LogP contribution in [0.1, 0.15) is 6.92 Å². The number of hydrogen-bond donors (Lipinski definition) is 2. The fourth-order valence-corrected chi connectivity index (χ4v) is 0.760. The zero-order valence-electron chi connectivity index (χ0n) is 8.45. The van der Waals surface area contributed by atoms with E-state index < -0.39 is 6.03 Å². The van der Waals surface area contributed by atoms with E-state index in [1.165, 1.54) is 0 Å². The van der Waals surface area contributed by atoms with Crippen LogP contribution in [0.2, 0.25) is 0 Å². The molecule has 0 bridgehead atoms. The molecule has 0 aromatic rings. The molecule has 0 saturated carbocycles. The van der Waals surface area contributed by atoms with Crippen molar-refractivity contribution in [3.8, 4) is 0 Å². The second-order valence-corrected chi connectivity index (χ2v) is 2.89. The third kappa shape index (κ3) is 11.3. The van der Waals surface area contributed by atoms with E-state index in [1.807, 2.05) is 0 Å². The van der Waals surface area contributed by atoms with Crippen LogP contribution in [0.15, 0.2) is 5.29 Å². The highest BCUT2D eigenvalue weighted by molar-refractivity contribution is 6.18. The van der Waals surface area contributed by atoms with Gasteiger partial charge in [0.15, 0.2) is 0 Å². The van der Waals surface area contributed by atoms with Crippen molar-refractivity contribution >= 4 is 29.2 Å². The summed E-state index contributed by atoms with van der Waals surface area (Å²) in [6.45, 7) is 2.33. The fourth-order valence-electron chi connectivity index (χ4n) is 0.505.